The van der Waals surface area contributed by atoms with Gasteiger partial charge in [-0.2, -0.15) is 0 Å². The molecular weight excluding hydrogens is 170 g/mol. The maximum Gasteiger partial charge on any atom is 0.326 e. The molecule has 0 amide bonds. The average molecular weight is 181 g/mol. The molecule has 1 N–H and O–H groups in total. The van der Waals surface area contributed by atoms with Crippen LogP contribution >= 0.6 is 0 Å². The van der Waals surface area contributed by atoms with Crippen LogP contribution in [0.4, 0.5) is 0 Å². The molecule has 4 nitrogen and oxygen atoms in total. The van der Waals surface area contributed by atoms with Crippen LogP contribution in [0.2, 0.25) is 0 Å². The van der Waals surface area contributed by atoms with E-state index in [1.165, 1.54) is 17.7 Å². The van der Waals surface area contributed by atoms with Crippen molar-refractivity contribution in [3.8, 4) is 0 Å². The van der Waals surface area contributed by atoms with E-state index < -0.39 is 12.0 Å². The highest BCUT2D eigenvalue weighted by atomic mass is 16.4. The van der Waals surface area contributed by atoms with Crippen LogP contribution in [0.5, 0.6) is 0 Å². The Hall–Kier alpha value is -1.58. The van der Waals surface area contributed by atoms with Gasteiger partial charge in [0, 0.05) is 11.8 Å². The van der Waals surface area contributed by atoms with Crippen LogP contribution < -0.4 is 5.56 Å². The number of pyridine rings is 1. The molecule has 0 aromatic carbocycles. The summed E-state index contributed by atoms with van der Waals surface area (Å²) >= 11 is 0. The lowest BCUT2D eigenvalue weighted by Gasteiger charge is -2.10. The number of aromatic nitrogens is 1. The average Bonchev–Trinajstić information content (AvgIpc) is 2.08. The first-order valence-electron chi connectivity index (χ1n) is 3.94. The van der Waals surface area contributed by atoms with Crippen LogP contribution in [0.1, 0.15) is 18.5 Å². The lowest BCUT2D eigenvalue weighted by molar-refractivity contribution is -0.140. The molecule has 0 saturated carbocycles. The predicted molar refractivity (Wildman–Crippen MR) is 47.8 cm³/mol. The minimum atomic E-state index is -1.01. The van der Waals surface area contributed by atoms with Crippen molar-refractivity contribution in [3.05, 3.63) is 34.2 Å². The van der Waals surface area contributed by atoms with Crippen molar-refractivity contribution in [2.45, 2.75) is 19.9 Å². The Labute approximate surface area is 75.4 Å². The van der Waals surface area contributed by atoms with Crippen LogP contribution in [-0.4, -0.2) is 15.6 Å². The standard InChI is InChI=1S/C9H11NO3/c1-6-4-3-5-10(8(6)11)7(2)9(12)13/h3-5,7H,1-2H3,(H,12,13). The zero-order chi connectivity index (χ0) is 10.0. The zero-order valence-electron chi connectivity index (χ0n) is 7.52. The normalized spacial score (nSPS) is 12.5. The summed E-state index contributed by atoms with van der Waals surface area (Å²) in [6.45, 7) is 3.14. The van der Waals surface area contributed by atoms with Gasteiger partial charge < -0.3 is 9.67 Å². The molecule has 1 aromatic rings. The molecule has 0 saturated heterocycles. The molecule has 1 rings (SSSR count). The van der Waals surface area contributed by atoms with Crippen LogP contribution in [0, 0.1) is 6.92 Å². The molecule has 0 aliphatic rings. The fourth-order valence-electron chi connectivity index (χ4n) is 1.05. The monoisotopic (exact) mass is 181 g/mol. The molecule has 0 radical (unpaired) electrons. The minimum absolute atomic E-state index is 0.252. The highest BCUT2D eigenvalue weighted by Gasteiger charge is 2.14. The maximum atomic E-state index is 11.4. The first kappa shape index (κ1) is 9.51. The van der Waals surface area contributed by atoms with E-state index in [4.69, 9.17) is 5.11 Å². The van der Waals surface area contributed by atoms with Gasteiger partial charge in [-0.05, 0) is 19.9 Å². The largest absolute Gasteiger partial charge is 0.480 e. The lowest BCUT2D eigenvalue weighted by Crippen LogP contribution is -2.28. The molecule has 4 heteroatoms. The summed E-state index contributed by atoms with van der Waals surface area (Å²) < 4.78 is 1.21. The van der Waals surface area contributed by atoms with Gasteiger partial charge in [0.25, 0.3) is 5.56 Å². The first-order valence-corrected chi connectivity index (χ1v) is 3.94. The lowest BCUT2D eigenvalue weighted by atomic mass is 10.2. The van der Waals surface area contributed by atoms with E-state index in [1.807, 2.05) is 0 Å². The Morgan fingerprint density at radius 2 is 2.23 bits per heavy atom. The second kappa shape index (κ2) is 3.43. The molecule has 70 valence electrons. The highest BCUT2D eigenvalue weighted by Crippen LogP contribution is 2.01. The van der Waals surface area contributed by atoms with Crippen LogP contribution in [0.15, 0.2) is 23.1 Å². The Kier molecular flexibility index (Phi) is 2.51. The van der Waals surface area contributed by atoms with Gasteiger partial charge in [0.2, 0.25) is 0 Å². The summed E-state index contributed by atoms with van der Waals surface area (Å²) in [5.74, 6) is -1.01. The molecule has 1 aromatic heterocycles. The minimum Gasteiger partial charge on any atom is -0.480 e. The molecule has 0 fully saturated rings. The van der Waals surface area contributed by atoms with Gasteiger partial charge in [-0.25, -0.2) is 4.79 Å². The van der Waals surface area contributed by atoms with Crippen LogP contribution in [0.25, 0.3) is 0 Å². The number of carboxylic acid groups (broad SMARTS) is 1. The third kappa shape index (κ3) is 1.77. The molecule has 0 aliphatic heterocycles. The van der Waals surface area contributed by atoms with Crippen molar-refractivity contribution >= 4 is 5.97 Å². The second-order valence-corrected chi connectivity index (χ2v) is 2.92. The van der Waals surface area contributed by atoms with Crippen LogP contribution in [0.3, 0.4) is 0 Å². The van der Waals surface area contributed by atoms with E-state index in [1.54, 1.807) is 19.1 Å². The van der Waals surface area contributed by atoms with E-state index in [9.17, 15) is 9.59 Å². The zero-order valence-corrected chi connectivity index (χ0v) is 7.52. The van der Waals surface area contributed by atoms with Gasteiger partial charge in [-0.3, -0.25) is 4.79 Å². The van der Waals surface area contributed by atoms with E-state index in [0.29, 0.717) is 5.56 Å². The van der Waals surface area contributed by atoms with E-state index >= 15 is 0 Å². The van der Waals surface area contributed by atoms with Gasteiger partial charge in [0.05, 0.1) is 0 Å². The number of aryl methyl sites for hydroxylation is 1. The molecular formula is C9H11NO3. The number of nitrogens with zero attached hydrogens (tertiary/aromatic N) is 1. The number of carboxylic acids is 1. The van der Waals surface area contributed by atoms with E-state index in [0.717, 1.165) is 0 Å². The predicted octanol–water partition coefficient (Wildman–Crippen LogP) is 0.802. The molecule has 13 heavy (non-hydrogen) atoms. The van der Waals surface area contributed by atoms with Crippen LogP contribution in [-0.2, 0) is 4.79 Å². The number of rotatable bonds is 2. The van der Waals surface area contributed by atoms with Crippen molar-refractivity contribution in [1.82, 2.24) is 4.57 Å². The van der Waals surface area contributed by atoms with E-state index in [2.05, 4.69) is 0 Å². The van der Waals surface area contributed by atoms with Crippen molar-refractivity contribution < 1.29 is 9.90 Å². The Morgan fingerprint density at radius 1 is 1.62 bits per heavy atom. The first-order chi connectivity index (χ1) is 6.04. The number of hydrogen-bond donors (Lipinski definition) is 1. The van der Waals surface area contributed by atoms with Crippen molar-refractivity contribution in [1.29, 1.82) is 0 Å². The molecule has 1 heterocycles. The fraction of sp³-hybridized carbons (Fsp3) is 0.333. The van der Waals surface area contributed by atoms with Crippen molar-refractivity contribution in [2.24, 2.45) is 0 Å². The summed E-state index contributed by atoms with van der Waals surface area (Å²) in [5, 5.41) is 8.69. The summed E-state index contributed by atoms with van der Waals surface area (Å²) in [7, 11) is 0. The SMILES string of the molecule is Cc1cccn(C(C)C(=O)O)c1=O. The van der Waals surface area contributed by atoms with Gasteiger partial charge in [-0.15, -0.1) is 0 Å². The van der Waals surface area contributed by atoms with Gasteiger partial charge in [0.1, 0.15) is 6.04 Å². The smallest absolute Gasteiger partial charge is 0.326 e. The second-order valence-electron chi connectivity index (χ2n) is 2.92. The molecule has 0 aliphatic carbocycles. The maximum absolute atomic E-state index is 11.4. The third-order valence-corrected chi connectivity index (χ3v) is 1.94. The van der Waals surface area contributed by atoms with Gasteiger partial charge >= 0.3 is 5.97 Å². The summed E-state index contributed by atoms with van der Waals surface area (Å²) in [4.78, 5) is 22.0. The number of hydrogen-bond acceptors (Lipinski definition) is 2. The third-order valence-electron chi connectivity index (χ3n) is 1.94. The summed E-state index contributed by atoms with van der Waals surface area (Å²) in [6.07, 6.45) is 1.48. The fourth-order valence-corrected chi connectivity index (χ4v) is 1.05. The highest BCUT2D eigenvalue weighted by molar-refractivity contribution is 5.71. The Balaban J connectivity index is 3.23. The Morgan fingerprint density at radius 3 is 2.77 bits per heavy atom. The van der Waals surface area contributed by atoms with E-state index in [-0.39, 0.29) is 5.56 Å². The summed E-state index contributed by atoms with van der Waals surface area (Å²) in [5.41, 5.74) is 0.299. The number of carbonyl (C=O) groups is 1. The van der Waals surface area contributed by atoms with Crippen molar-refractivity contribution in [3.63, 3.8) is 0 Å². The topological polar surface area (TPSA) is 59.3 Å². The summed E-state index contributed by atoms with van der Waals surface area (Å²) in [6, 6.07) is 2.51. The van der Waals surface area contributed by atoms with Gasteiger partial charge in [0.15, 0.2) is 0 Å². The quantitative estimate of drug-likeness (QED) is 0.734. The number of aliphatic carboxylic acids is 1. The Bertz CT molecular complexity index is 381. The molecule has 1 atom stereocenters. The van der Waals surface area contributed by atoms with Crippen molar-refractivity contribution in [2.75, 3.05) is 0 Å². The van der Waals surface area contributed by atoms with Gasteiger partial charge in [-0.1, -0.05) is 6.07 Å². The molecule has 0 bridgehead atoms. The molecule has 1 unspecified atom stereocenters. The molecule has 0 spiro atoms.